The summed E-state index contributed by atoms with van der Waals surface area (Å²) in [7, 11) is 4.20. The Hall–Kier alpha value is -0.930. The van der Waals surface area contributed by atoms with Crippen molar-refractivity contribution in [2.24, 2.45) is 5.92 Å². The van der Waals surface area contributed by atoms with Crippen LogP contribution in [0.1, 0.15) is 19.4 Å². The van der Waals surface area contributed by atoms with E-state index in [2.05, 4.69) is 38.2 Å². The van der Waals surface area contributed by atoms with E-state index in [0.717, 1.165) is 18.7 Å². The quantitative estimate of drug-likeness (QED) is 0.819. The van der Waals surface area contributed by atoms with Crippen LogP contribution in [0.3, 0.4) is 0 Å². The first kappa shape index (κ1) is 14.1. The maximum Gasteiger partial charge on any atom is 0.123 e. The number of nitrogens with zero attached hydrogens (tertiary/aromatic N) is 1. The number of hydrogen-bond donors (Lipinski definition) is 1. The molecule has 0 heterocycles. The lowest BCUT2D eigenvalue weighted by Gasteiger charge is -2.28. The smallest absolute Gasteiger partial charge is 0.123 e. The molecule has 0 radical (unpaired) electrons. The second kappa shape index (κ2) is 6.72. The Kier molecular flexibility index (Phi) is 5.59. The fourth-order valence-electron chi connectivity index (χ4n) is 1.98. The summed E-state index contributed by atoms with van der Waals surface area (Å²) >= 11 is 0. The molecule has 2 nitrogen and oxygen atoms in total. The van der Waals surface area contributed by atoms with Crippen LogP contribution in [0.15, 0.2) is 24.3 Å². The Balaban J connectivity index is 2.38. The van der Waals surface area contributed by atoms with Crippen molar-refractivity contribution in [1.29, 1.82) is 0 Å². The van der Waals surface area contributed by atoms with Crippen molar-refractivity contribution in [2.75, 3.05) is 20.6 Å². The highest BCUT2D eigenvalue weighted by atomic mass is 19.1. The van der Waals surface area contributed by atoms with E-state index in [1.54, 1.807) is 0 Å². The zero-order chi connectivity index (χ0) is 12.8. The highest BCUT2D eigenvalue weighted by Crippen LogP contribution is 2.07. The predicted octanol–water partition coefficient (Wildman–Crippen LogP) is 2.50. The van der Waals surface area contributed by atoms with E-state index in [1.165, 1.54) is 12.1 Å². The van der Waals surface area contributed by atoms with E-state index in [-0.39, 0.29) is 5.82 Å². The average molecular weight is 238 g/mol. The number of benzene rings is 1. The topological polar surface area (TPSA) is 15.3 Å². The highest BCUT2D eigenvalue weighted by Gasteiger charge is 2.14. The normalized spacial score (nSPS) is 13.4. The molecule has 0 amide bonds. The molecule has 0 aliphatic rings. The standard InChI is InChI=1S/C14H23FN2/c1-11(2)14(17(3)4)10-16-9-12-5-7-13(15)8-6-12/h5-8,11,14,16H,9-10H2,1-4H3. The van der Waals surface area contributed by atoms with Crippen LogP contribution in [0.2, 0.25) is 0 Å². The Labute approximate surface area is 104 Å². The molecule has 0 aromatic heterocycles. The van der Waals surface area contributed by atoms with Gasteiger partial charge in [0.1, 0.15) is 5.82 Å². The van der Waals surface area contributed by atoms with Gasteiger partial charge in [0.25, 0.3) is 0 Å². The fourth-order valence-corrected chi connectivity index (χ4v) is 1.98. The van der Waals surface area contributed by atoms with Crippen molar-refractivity contribution >= 4 is 0 Å². The minimum absolute atomic E-state index is 0.179. The third-order valence-corrected chi connectivity index (χ3v) is 3.03. The van der Waals surface area contributed by atoms with Crippen LogP contribution in [-0.2, 0) is 6.54 Å². The Morgan fingerprint density at radius 2 is 1.76 bits per heavy atom. The molecule has 1 rings (SSSR count). The van der Waals surface area contributed by atoms with Crippen molar-refractivity contribution < 1.29 is 4.39 Å². The van der Waals surface area contributed by atoms with Crippen LogP contribution in [0, 0.1) is 11.7 Å². The molecular formula is C14H23FN2. The zero-order valence-corrected chi connectivity index (χ0v) is 11.2. The number of halogens is 1. The van der Waals surface area contributed by atoms with Crippen LogP contribution in [0.5, 0.6) is 0 Å². The second-order valence-corrected chi connectivity index (χ2v) is 5.03. The fraction of sp³-hybridized carbons (Fsp3) is 0.571. The molecule has 0 bridgehead atoms. The summed E-state index contributed by atoms with van der Waals surface area (Å²) in [6.07, 6.45) is 0. The van der Waals surface area contributed by atoms with E-state index in [1.807, 2.05) is 12.1 Å². The third kappa shape index (κ3) is 4.84. The van der Waals surface area contributed by atoms with Crippen LogP contribution in [0.25, 0.3) is 0 Å². The summed E-state index contributed by atoms with van der Waals surface area (Å²) in [5.74, 6) is 0.438. The van der Waals surface area contributed by atoms with Gasteiger partial charge >= 0.3 is 0 Å². The number of likely N-dealkylation sites (N-methyl/N-ethyl adjacent to an activating group) is 1. The van der Waals surface area contributed by atoms with Crippen LogP contribution in [-0.4, -0.2) is 31.6 Å². The molecule has 17 heavy (non-hydrogen) atoms. The molecule has 0 saturated carbocycles. The van der Waals surface area contributed by atoms with E-state index in [9.17, 15) is 4.39 Å². The summed E-state index contributed by atoms with van der Waals surface area (Å²) in [5.41, 5.74) is 1.12. The second-order valence-electron chi connectivity index (χ2n) is 5.03. The zero-order valence-electron chi connectivity index (χ0n) is 11.2. The molecule has 3 heteroatoms. The minimum Gasteiger partial charge on any atom is -0.311 e. The van der Waals surface area contributed by atoms with Gasteiger partial charge in [0.2, 0.25) is 0 Å². The monoisotopic (exact) mass is 238 g/mol. The number of hydrogen-bond acceptors (Lipinski definition) is 2. The first-order chi connectivity index (χ1) is 8.00. The van der Waals surface area contributed by atoms with Gasteiger partial charge in [-0.05, 0) is 37.7 Å². The van der Waals surface area contributed by atoms with Gasteiger partial charge in [0.05, 0.1) is 0 Å². The van der Waals surface area contributed by atoms with Gasteiger partial charge < -0.3 is 10.2 Å². The molecule has 1 N–H and O–H groups in total. The molecule has 0 aliphatic heterocycles. The Bertz CT molecular complexity index is 311. The maximum absolute atomic E-state index is 12.7. The Morgan fingerprint density at radius 1 is 1.18 bits per heavy atom. The number of rotatable bonds is 6. The number of nitrogens with one attached hydrogen (secondary N) is 1. The van der Waals surface area contributed by atoms with Crippen LogP contribution >= 0.6 is 0 Å². The van der Waals surface area contributed by atoms with E-state index >= 15 is 0 Å². The van der Waals surface area contributed by atoms with Gasteiger partial charge in [-0.1, -0.05) is 26.0 Å². The molecule has 1 aromatic carbocycles. The largest absolute Gasteiger partial charge is 0.311 e. The summed E-state index contributed by atoms with van der Waals surface area (Å²) in [6.45, 7) is 6.19. The molecule has 96 valence electrons. The summed E-state index contributed by atoms with van der Waals surface area (Å²) in [5, 5.41) is 3.42. The van der Waals surface area contributed by atoms with Gasteiger partial charge in [-0.25, -0.2) is 4.39 Å². The third-order valence-electron chi connectivity index (χ3n) is 3.03. The van der Waals surface area contributed by atoms with Crippen molar-refractivity contribution in [1.82, 2.24) is 10.2 Å². The van der Waals surface area contributed by atoms with Gasteiger partial charge in [-0.2, -0.15) is 0 Å². The SMILES string of the molecule is CC(C)C(CNCc1ccc(F)cc1)N(C)C. The first-order valence-electron chi connectivity index (χ1n) is 6.12. The lowest BCUT2D eigenvalue weighted by Crippen LogP contribution is -2.41. The molecule has 1 unspecified atom stereocenters. The molecule has 0 spiro atoms. The molecule has 0 saturated heterocycles. The molecule has 0 fully saturated rings. The van der Waals surface area contributed by atoms with Crippen molar-refractivity contribution in [2.45, 2.75) is 26.4 Å². The van der Waals surface area contributed by atoms with Crippen LogP contribution < -0.4 is 5.32 Å². The van der Waals surface area contributed by atoms with Gasteiger partial charge in [-0.3, -0.25) is 0 Å². The average Bonchev–Trinajstić information content (AvgIpc) is 2.25. The van der Waals surface area contributed by atoms with Gasteiger partial charge in [0, 0.05) is 19.1 Å². The molecule has 0 aliphatic carbocycles. The minimum atomic E-state index is -0.179. The van der Waals surface area contributed by atoms with Crippen molar-refractivity contribution in [3.05, 3.63) is 35.6 Å². The van der Waals surface area contributed by atoms with Gasteiger partial charge in [-0.15, -0.1) is 0 Å². The van der Waals surface area contributed by atoms with Crippen LogP contribution in [0.4, 0.5) is 4.39 Å². The van der Waals surface area contributed by atoms with Crippen molar-refractivity contribution in [3.63, 3.8) is 0 Å². The maximum atomic E-state index is 12.7. The van der Waals surface area contributed by atoms with Crippen molar-refractivity contribution in [3.8, 4) is 0 Å². The summed E-state index contributed by atoms with van der Waals surface area (Å²) in [4.78, 5) is 2.24. The summed E-state index contributed by atoms with van der Waals surface area (Å²) < 4.78 is 12.7. The van der Waals surface area contributed by atoms with Gasteiger partial charge in [0.15, 0.2) is 0 Å². The lowest BCUT2D eigenvalue weighted by atomic mass is 10.0. The Morgan fingerprint density at radius 3 is 2.24 bits per heavy atom. The molecular weight excluding hydrogens is 215 g/mol. The van der Waals surface area contributed by atoms with E-state index in [4.69, 9.17) is 0 Å². The lowest BCUT2D eigenvalue weighted by molar-refractivity contribution is 0.224. The molecule has 1 aromatic rings. The first-order valence-corrected chi connectivity index (χ1v) is 6.12. The van der Waals surface area contributed by atoms with E-state index < -0.39 is 0 Å². The van der Waals surface area contributed by atoms with E-state index in [0.29, 0.717) is 12.0 Å². The predicted molar refractivity (Wildman–Crippen MR) is 70.4 cm³/mol. The highest BCUT2D eigenvalue weighted by molar-refractivity contribution is 5.15. The molecule has 1 atom stereocenters. The summed E-state index contributed by atoms with van der Waals surface area (Å²) in [6, 6.07) is 7.17.